The van der Waals surface area contributed by atoms with Crippen LogP contribution >= 0.6 is 0 Å². The molecule has 0 spiro atoms. The van der Waals surface area contributed by atoms with E-state index < -0.39 is 10.9 Å². The average Bonchev–Trinajstić information content (AvgIpc) is 2.72. The van der Waals surface area contributed by atoms with E-state index in [9.17, 15) is 19.7 Å². The Morgan fingerprint density at radius 1 is 1.04 bits per heavy atom. The number of rotatable bonds is 6. The molecular weight excluding hydrogens is 364 g/mol. The second kappa shape index (κ2) is 11.8. The van der Waals surface area contributed by atoms with Crippen LogP contribution < -0.4 is 5.73 Å². The van der Waals surface area contributed by atoms with Crippen molar-refractivity contribution in [2.75, 3.05) is 20.0 Å². The van der Waals surface area contributed by atoms with Crippen molar-refractivity contribution in [1.29, 1.82) is 0 Å². The molecule has 148 valence electrons. The first-order valence-corrected chi connectivity index (χ1v) is 8.27. The van der Waals surface area contributed by atoms with Gasteiger partial charge in [-0.1, -0.05) is 12.1 Å². The summed E-state index contributed by atoms with van der Waals surface area (Å²) in [6.07, 6.45) is 3.89. The first-order chi connectivity index (χ1) is 13.3. The number of esters is 2. The Bertz CT molecular complexity index is 814. The third-order valence-electron chi connectivity index (χ3n) is 3.54. The van der Waals surface area contributed by atoms with E-state index in [0.29, 0.717) is 18.4 Å². The summed E-state index contributed by atoms with van der Waals surface area (Å²) in [5.41, 5.74) is 8.07. The average molecular weight is 386 g/mol. The molecule has 0 fully saturated rings. The number of anilines is 1. The van der Waals surface area contributed by atoms with E-state index in [2.05, 4.69) is 9.47 Å². The zero-order valence-electron chi connectivity index (χ0n) is 15.7. The lowest BCUT2D eigenvalue weighted by Crippen LogP contribution is -2.01. The highest BCUT2D eigenvalue weighted by Gasteiger charge is 2.02. The highest BCUT2D eigenvalue weighted by Crippen LogP contribution is 2.12. The van der Waals surface area contributed by atoms with Crippen LogP contribution in [0.1, 0.15) is 17.5 Å². The number of carbonyl (C=O) groups is 2. The van der Waals surface area contributed by atoms with Gasteiger partial charge in [0.25, 0.3) is 5.69 Å². The van der Waals surface area contributed by atoms with Crippen LogP contribution in [0.4, 0.5) is 11.4 Å². The fraction of sp³-hybridized carbons (Fsp3) is 0.200. The predicted molar refractivity (Wildman–Crippen MR) is 105 cm³/mol. The minimum atomic E-state index is -0.478. The number of nitrogen functional groups attached to an aromatic ring is 1. The highest BCUT2D eigenvalue weighted by atomic mass is 16.6. The van der Waals surface area contributed by atoms with Crippen molar-refractivity contribution in [3.05, 3.63) is 75.8 Å². The fourth-order valence-corrected chi connectivity index (χ4v) is 1.97. The molecular formula is C20H22N2O6. The van der Waals surface area contributed by atoms with Crippen LogP contribution in [0.2, 0.25) is 0 Å². The summed E-state index contributed by atoms with van der Waals surface area (Å²) in [7, 11) is 2.67. The molecule has 0 heterocycles. The van der Waals surface area contributed by atoms with Gasteiger partial charge in [-0.15, -0.1) is 0 Å². The molecule has 2 aromatic carbocycles. The van der Waals surface area contributed by atoms with E-state index >= 15 is 0 Å². The molecule has 0 saturated heterocycles. The van der Waals surface area contributed by atoms with Crippen LogP contribution in [0.3, 0.4) is 0 Å². The van der Waals surface area contributed by atoms with Crippen LogP contribution in [-0.4, -0.2) is 31.1 Å². The Kier molecular flexibility index (Phi) is 9.46. The minimum Gasteiger partial charge on any atom is -0.469 e. The van der Waals surface area contributed by atoms with E-state index in [0.717, 1.165) is 11.3 Å². The standard InChI is InChI=1S/C10H9NO4.C10H13NO2/c1-15-10(12)7-4-8-2-5-9(6-3-8)11(13)14;1-13-10(12)7-4-8-2-5-9(11)6-3-8/h2-7H,1H3;2-3,5-6H,4,7,11H2,1H3. The number of hydrogen-bond acceptors (Lipinski definition) is 7. The monoisotopic (exact) mass is 386 g/mol. The minimum absolute atomic E-state index is 0.0187. The van der Waals surface area contributed by atoms with Crippen molar-refractivity contribution in [2.45, 2.75) is 12.8 Å². The maximum absolute atomic E-state index is 10.8. The number of non-ortho nitro benzene ring substituents is 1. The summed E-state index contributed by atoms with van der Waals surface area (Å²) in [5.74, 6) is -0.648. The summed E-state index contributed by atoms with van der Waals surface area (Å²) >= 11 is 0. The molecule has 8 heteroatoms. The van der Waals surface area contributed by atoms with Crippen molar-refractivity contribution in [3.8, 4) is 0 Å². The summed E-state index contributed by atoms with van der Waals surface area (Å²) in [5, 5.41) is 10.3. The molecule has 0 saturated carbocycles. The van der Waals surface area contributed by atoms with Crippen molar-refractivity contribution < 1.29 is 24.0 Å². The second-order valence-electron chi connectivity index (χ2n) is 5.52. The lowest BCUT2D eigenvalue weighted by atomic mass is 10.1. The molecule has 8 nitrogen and oxygen atoms in total. The molecule has 0 atom stereocenters. The lowest BCUT2D eigenvalue weighted by molar-refractivity contribution is -0.384. The number of hydrogen-bond donors (Lipinski definition) is 1. The van der Waals surface area contributed by atoms with Gasteiger partial charge in [-0.25, -0.2) is 4.79 Å². The van der Waals surface area contributed by atoms with Gasteiger partial charge in [-0.05, 0) is 47.9 Å². The summed E-state index contributed by atoms with van der Waals surface area (Å²) in [6, 6.07) is 13.3. The quantitative estimate of drug-likeness (QED) is 0.266. The largest absolute Gasteiger partial charge is 0.469 e. The molecule has 0 aliphatic rings. The normalized spacial score (nSPS) is 9.93. The third kappa shape index (κ3) is 8.61. The van der Waals surface area contributed by atoms with Gasteiger partial charge in [0.2, 0.25) is 0 Å². The van der Waals surface area contributed by atoms with Crippen LogP contribution in [0.15, 0.2) is 54.6 Å². The summed E-state index contributed by atoms with van der Waals surface area (Å²) < 4.78 is 8.93. The van der Waals surface area contributed by atoms with Crippen molar-refractivity contribution in [2.24, 2.45) is 0 Å². The van der Waals surface area contributed by atoms with Crippen molar-refractivity contribution >= 4 is 29.4 Å². The van der Waals surface area contributed by atoms with Crippen molar-refractivity contribution in [1.82, 2.24) is 0 Å². The lowest BCUT2D eigenvalue weighted by Gasteiger charge is -2.00. The van der Waals surface area contributed by atoms with Gasteiger partial charge >= 0.3 is 11.9 Å². The van der Waals surface area contributed by atoms with Crippen LogP contribution in [0.25, 0.3) is 6.08 Å². The molecule has 2 rings (SSSR count). The number of methoxy groups -OCH3 is 2. The first kappa shape index (κ1) is 22.4. The number of nitro benzene ring substituents is 1. The number of nitro groups is 1. The second-order valence-corrected chi connectivity index (χ2v) is 5.52. The number of nitrogens with two attached hydrogens (primary N) is 1. The topological polar surface area (TPSA) is 122 Å². The molecule has 0 aromatic heterocycles. The van der Waals surface area contributed by atoms with Gasteiger partial charge < -0.3 is 15.2 Å². The highest BCUT2D eigenvalue weighted by molar-refractivity contribution is 5.86. The fourth-order valence-electron chi connectivity index (χ4n) is 1.97. The molecule has 28 heavy (non-hydrogen) atoms. The maximum atomic E-state index is 10.8. The zero-order chi connectivity index (χ0) is 20.9. The molecule has 0 unspecified atom stereocenters. The Hall–Kier alpha value is -3.68. The van der Waals surface area contributed by atoms with Gasteiger partial charge in [0.1, 0.15) is 0 Å². The van der Waals surface area contributed by atoms with Gasteiger partial charge in [0.15, 0.2) is 0 Å². The van der Waals surface area contributed by atoms with Crippen LogP contribution in [0.5, 0.6) is 0 Å². The van der Waals surface area contributed by atoms with Crippen LogP contribution in [-0.2, 0) is 25.5 Å². The molecule has 0 bridgehead atoms. The number of nitrogens with zero attached hydrogens (tertiary/aromatic N) is 1. The Morgan fingerprint density at radius 3 is 2.14 bits per heavy atom. The SMILES string of the molecule is COC(=O)C=Cc1ccc([N+](=O)[O-])cc1.COC(=O)CCc1ccc(N)cc1. The van der Waals surface area contributed by atoms with E-state index in [-0.39, 0.29) is 11.7 Å². The van der Waals surface area contributed by atoms with Crippen LogP contribution in [0, 0.1) is 10.1 Å². The molecule has 2 aromatic rings. The number of benzene rings is 2. The van der Waals surface area contributed by atoms with Gasteiger partial charge in [-0.2, -0.15) is 0 Å². The molecule has 0 amide bonds. The first-order valence-electron chi connectivity index (χ1n) is 8.27. The smallest absolute Gasteiger partial charge is 0.330 e. The van der Waals surface area contributed by atoms with E-state index in [4.69, 9.17) is 5.73 Å². The molecule has 2 N–H and O–H groups in total. The molecule has 0 radical (unpaired) electrons. The van der Waals surface area contributed by atoms with E-state index in [1.54, 1.807) is 12.1 Å². The Labute approximate surface area is 162 Å². The van der Waals surface area contributed by atoms with E-state index in [1.165, 1.54) is 38.5 Å². The Morgan fingerprint density at radius 2 is 1.64 bits per heavy atom. The maximum Gasteiger partial charge on any atom is 0.330 e. The third-order valence-corrected chi connectivity index (χ3v) is 3.54. The van der Waals surface area contributed by atoms with E-state index in [1.807, 2.05) is 24.3 Å². The zero-order valence-corrected chi connectivity index (χ0v) is 15.7. The predicted octanol–water partition coefficient (Wildman–Crippen LogP) is 3.16. The summed E-state index contributed by atoms with van der Waals surface area (Å²) in [6.45, 7) is 0. The van der Waals surface area contributed by atoms with Gasteiger partial charge in [0.05, 0.1) is 19.1 Å². The number of aryl methyl sites for hydroxylation is 1. The number of carbonyl (C=O) groups excluding carboxylic acids is 2. The summed E-state index contributed by atoms with van der Waals surface area (Å²) in [4.78, 5) is 31.4. The number of ether oxygens (including phenoxy) is 2. The molecule has 0 aliphatic carbocycles. The van der Waals surface area contributed by atoms with Gasteiger partial charge in [0, 0.05) is 30.3 Å². The van der Waals surface area contributed by atoms with Crippen molar-refractivity contribution in [3.63, 3.8) is 0 Å². The molecule has 0 aliphatic heterocycles. The van der Waals surface area contributed by atoms with Gasteiger partial charge in [-0.3, -0.25) is 14.9 Å². The Balaban J connectivity index is 0.000000283.